The van der Waals surface area contributed by atoms with E-state index in [0.717, 1.165) is 22.6 Å². The fourth-order valence-corrected chi connectivity index (χ4v) is 1.41. The second-order valence-corrected chi connectivity index (χ2v) is 3.66. The van der Waals surface area contributed by atoms with E-state index in [2.05, 4.69) is 17.9 Å². The van der Waals surface area contributed by atoms with Crippen LogP contribution in [0, 0.1) is 13.8 Å². The molecule has 3 nitrogen and oxygen atoms in total. The first-order valence-electron chi connectivity index (χ1n) is 4.64. The van der Waals surface area contributed by atoms with Crippen molar-refractivity contribution in [2.45, 2.75) is 13.8 Å². The lowest BCUT2D eigenvalue weighted by molar-refractivity contribution is -0.113. The average molecular weight is 225 g/mol. The molecule has 0 aliphatic rings. The zero-order valence-corrected chi connectivity index (χ0v) is 10.0. The summed E-state index contributed by atoms with van der Waals surface area (Å²) in [6, 6.07) is 3.80. The van der Waals surface area contributed by atoms with Gasteiger partial charge < -0.3 is 10.1 Å². The van der Waals surface area contributed by atoms with Crippen molar-refractivity contribution < 1.29 is 9.53 Å². The zero-order valence-electron chi connectivity index (χ0n) is 9.13. The van der Waals surface area contributed by atoms with Crippen LogP contribution in [0.15, 0.2) is 12.1 Å². The fourth-order valence-electron chi connectivity index (χ4n) is 1.33. The molecule has 0 bridgehead atoms. The summed E-state index contributed by atoms with van der Waals surface area (Å²) in [4.78, 5) is 11.2. The average Bonchev–Trinajstić information content (AvgIpc) is 2.22. The van der Waals surface area contributed by atoms with E-state index in [4.69, 9.17) is 4.74 Å². The van der Waals surface area contributed by atoms with Crippen LogP contribution in [0.25, 0.3) is 0 Å². The van der Waals surface area contributed by atoms with Gasteiger partial charge in [-0.3, -0.25) is 4.79 Å². The van der Waals surface area contributed by atoms with Crippen molar-refractivity contribution >= 4 is 24.2 Å². The van der Waals surface area contributed by atoms with Crippen LogP contribution in [0.5, 0.6) is 5.75 Å². The molecule has 0 saturated carbocycles. The van der Waals surface area contributed by atoms with Gasteiger partial charge in [0.05, 0.1) is 12.9 Å². The number of amides is 1. The molecule has 0 heterocycles. The second kappa shape index (κ2) is 5.07. The monoisotopic (exact) mass is 225 g/mol. The van der Waals surface area contributed by atoms with Crippen LogP contribution in [0.3, 0.4) is 0 Å². The van der Waals surface area contributed by atoms with Crippen molar-refractivity contribution in [2.75, 3.05) is 18.2 Å². The maximum absolute atomic E-state index is 11.2. The van der Waals surface area contributed by atoms with Gasteiger partial charge >= 0.3 is 0 Å². The molecule has 1 rings (SSSR count). The number of nitrogens with one attached hydrogen (secondary N) is 1. The van der Waals surface area contributed by atoms with Gasteiger partial charge in [0.25, 0.3) is 0 Å². The molecule has 0 radical (unpaired) electrons. The number of thiol groups is 1. The standard InChI is InChI=1S/C11H15NO2S/c1-7-5-10(14-3)8(2)4-9(7)12-11(13)6-15/h4-5,15H,6H2,1-3H3,(H,12,13). The summed E-state index contributed by atoms with van der Waals surface area (Å²) in [6.07, 6.45) is 0. The molecule has 1 aromatic rings. The fraction of sp³-hybridized carbons (Fsp3) is 0.364. The molecule has 0 aliphatic carbocycles. The third kappa shape index (κ3) is 2.89. The van der Waals surface area contributed by atoms with Crippen LogP contribution in [-0.2, 0) is 4.79 Å². The van der Waals surface area contributed by atoms with Gasteiger partial charge in [0.2, 0.25) is 5.91 Å². The quantitative estimate of drug-likeness (QED) is 0.774. The van der Waals surface area contributed by atoms with Crippen LogP contribution in [0.4, 0.5) is 5.69 Å². The molecule has 0 fully saturated rings. The van der Waals surface area contributed by atoms with Crippen LogP contribution in [0.2, 0.25) is 0 Å². The summed E-state index contributed by atoms with van der Waals surface area (Å²) >= 11 is 3.91. The van der Waals surface area contributed by atoms with Crippen LogP contribution < -0.4 is 10.1 Å². The highest BCUT2D eigenvalue weighted by Crippen LogP contribution is 2.25. The normalized spacial score (nSPS) is 9.87. The summed E-state index contributed by atoms with van der Waals surface area (Å²) in [5.74, 6) is 0.909. The number of anilines is 1. The maximum atomic E-state index is 11.2. The molecule has 4 heteroatoms. The largest absolute Gasteiger partial charge is 0.496 e. The third-order valence-corrected chi connectivity index (χ3v) is 2.45. The van der Waals surface area contributed by atoms with Gasteiger partial charge in [0.15, 0.2) is 0 Å². The predicted molar refractivity (Wildman–Crippen MR) is 65.0 cm³/mol. The summed E-state index contributed by atoms with van der Waals surface area (Å²) in [7, 11) is 1.63. The molecule has 1 aromatic carbocycles. The molecule has 0 saturated heterocycles. The summed E-state index contributed by atoms with van der Waals surface area (Å²) < 4.78 is 5.18. The Morgan fingerprint density at radius 2 is 2.07 bits per heavy atom. The molecule has 1 N–H and O–H groups in total. The highest BCUT2D eigenvalue weighted by atomic mass is 32.1. The smallest absolute Gasteiger partial charge is 0.234 e. The number of hydrogen-bond acceptors (Lipinski definition) is 3. The minimum Gasteiger partial charge on any atom is -0.496 e. The van der Waals surface area contributed by atoms with E-state index in [9.17, 15) is 4.79 Å². The van der Waals surface area contributed by atoms with Crippen molar-refractivity contribution in [1.29, 1.82) is 0 Å². The van der Waals surface area contributed by atoms with Crippen molar-refractivity contribution in [2.24, 2.45) is 0 Å². The molecule has 82 valence electrons. The number of aryl methyl sites for hydroxylation is 2. The van der Waals surface area contributed by atoms with Crippen molar-refractivity contribution in [1.82, 2.24) is 0 Å². The van der Waals surface area contributed by atoms with E-state index in [0.29, 0.717) is 0 Å². The van der Waals surface area contributed by atoms with Crippen molar-refractivity contribution in [3.63, 3.8) is 0 Å². The Morgan fingerprint density at radius 3 is 2.60 bits per heavy atom. The Kier molecular flexibility index (Phi) is 4.03. The second-order valence-electron chi connectivity index (χ2n) is 3.34. The first-order valence-corrected chi connectivity index (χ1v) is 5.27. The molecule has 0 atom stereocenters. The molecule has 15 heavy (non-hydrogen) atoms. The summed E-state index contributed by atoms with van der Waals surface area (Å²) in [5.41, 5.74) is 2.79. The number of carbonyl (C=O) groups excluding carboxylic acids is 1. The van der Waals surface area contributed by atoms with Gasteiger partial charge in [0, 0.05) is 5.69 Å². The summed E-state index contributed by atoms with van der Waals surface area (Å²) in [6.45, 7) is 3.87. The van der Waals surface area contributed by atoms with Gasteiger partial charge in [0.1, 0.15) is 5.75 Å². The van der Waals surface area contributed by atoms with E-state index in [-0.39, 0.29) is 11.7 Å². The molecular formula is C11H15NO2S. The molecule has 0 aromatic heterocycles. The molecule has 1 amide bonds. The van der Waals surface area contributed by atoms with Crippen LogP contribution in [0.1, 0.15) is 11.1 Å². The van der Waals surface area contributed by atoms with Gasteiger partial charge in [-0.1, -0.05) is 0 Å². The molecule has 0 spiro atoms. The van der Waals surface area contributed by atoms with E-state index < -0.39 is 0 Å². The van der Waals surface area contributed by atoms with E-state index in [1.54, 1.807) is 7.11 Å². The Labute approximate surface area is 95.2 Å². The maximum Gasteiger partial charge on any atom is 0.234 e. The van der Waals surface area contributed by atoms with Gasteiger partial charge in [-0.05, 0) is 37.1 Å². The Hall–Kier alpha value is -1.16. The number of methoxy groups -OCH3 is 1. The van der Waals surface area contributed by atoms with Gasteiger partial charge in [-0.15, -0.1) is 0 Å². The third-order valence-electron chi connectivity index (χ3n) is 2.16. The van der Waals surface area contributed by atoms with Crippen molar-refractivity contribution in [3.8, 4) is 5.75 Å². The topological polar surface area (TPSA) is 38.3 Å². The minimum atomic E-state index is -0.106. The van der Waals surface area contributed by atoms with E-state index in [1.165, 1.54) is 0 Å². The lowest BCUT2D eigenvalue weighted by Gasteiger charge is -2.11. The summed E-state index contributed by atoms with van der Waals surface area (Å²) in [5, 5.41) is 2.78. The van der Waals surface area contributed by atoms with E-state index >= 15 is 0 Å². The molecule has 0 unspecified atom stereocenters. The van der Waals surface area contributed by atoms with E-state index in [1.807, 2.05) is 26.0 Å². The number of benzene rings is 1. The number of ether oxygens (including phenoxy) is 1. The predicted octanol–water partition coefficient (Wildman–Crippen LogP) is 2.18. The van der Waals surface area contributed by atoms with Crippen molar-refractivity contribution in [3.05, 3.63) is 23.3 Å². The number of hydrogen-bond donors (Lipinski definition) is 2. The number of rotatable bonds is 3. The van der Waals surface area contributed by atoms with Crippen LogP contribution >= 0.6 is 12.6 Å². The molecule has 0 aliphatic heterocycles. The van der Waals surface area contributed by atoms with Crippen LogP contribution in [-0.4, -0.2) is 18.8 Å². The Balaban J connectivity index is 3.00. The lowest BCUT2D eigenvalue weighted by atomic mass is 10.1. The SMILES string of the molecule is COc1cc(C)c(NC(=O)CS)cc1C. The Bertz CT molecular complexity index is 377. The molecular weight excluding hydrogens is 210 g/mol. The lowest BCUT2D eigenvalue weighted by Crippen LogP contribution is -2.13. The van der Waals surface area contributed by atoms with Gasteiger partial charge in [-0.25, -0.2) is 0 Å². The highest BCUT2D eigenvalue weighted by molar-refractivity contribution is 7.81. The minimum absolute atomic E-state index is 0.106. The zero-order chi connectivity index (χ0) is 11.4. The number of carbonyl (C=O) groups is 1. The first kappa shape index (κ1) is 11.9. The Morgan fingerprint density at radius 1 is 1.40 bits per heavy atom. The van der Waals surface area contributed by atoms with Gasteiger partial charge in [-0.2, -0.15) is 12.6 Å². The first-order chi connectivity index (χ1) is 7.08. The highest BCUT2D eigenvalue weighted by Gasteiger charge is 2.06.